The number of rotatable bonds is 1. The van der Waals surface area contributed by atoms with Crippen molar-refractivity contribution in [3.05, 3.63) is 22.9 Å². The SMILES string of the molecule is O=C(Nc1ccncc1Br)N1CCCCCC1. The molecule has 0 unspecified atom stereocenters. The smallest absolute Gasteiger partial charge is 0.321 e. The molecule has 1 fully saturated rings. The lowest BCUT2D eigenvalue weighted by Gasteiger charge is -2.21. The molecule has 0 aliphatic carbocycles. The van der Waals surface area contributed by atoms with Gasteiger partial charge in [0.1, 0.15) is 0 Å². The van der Waals surface area contributed by atoms with Crippen molar-refractivity contribution in [1.82, 2.24) is 9.88 Å². The number of hydrogen-bond acceptors (Lipinski definition) is 2. The first-order valence-corrected chi connectivity index (χ1v) is 6.72. The summed E-state index contributed by atoms with van der Waals surface area (Å²) in [4.78, 5) is 17.9. The first-order valence-electron chi connectivity index (χ1n) is 5.93. The van der Waals surface area contributed by atoms with E-state index in [1.54, 1.807) is 18.5 Å². The van der Waals surface area contributed by atoms with E-state index in [4.69, 9.17) is 0 Å². The van der Waals surface area contributed by atoms with E-state index < -0.39 is 0 Å². The maximum atomic E-state index is 12.0. The second kappa shape index (κ2) is 6.00. The Morgan fingerprint density at radius 2 is 2.00 bits per heavy atom. The van der Waals surface area contributed by atoms with E-state index in [9.17, 15) is 4.79 Å². The summed E-state index contributed by atoms with van der Waals surface area (Å²) in [6, 6.07) is 1.78. The molecule has 1 aromatic heterocycles. The number of aromatic nitrogens is 1. The average Bonchev–Trinajstić information content (AvgIpc) is 2.61. The number of urea groups is 1. The van der Waals surface area contributed by atoms with Crippen LogP contribution in [0, 0.1) is 0 Å². The Labute approximate surface area is 110 Å². The summed E-state index contributed by atoms with van der Waals surface area (Å²) in [7, 11) is 0. The van der Waals surface area contributed by atoms with E-state index in [0.717, 1.165) is 36.1 Å². The highest BCUT2D eigenvalue weighted by molar-refractivity contribution is 9.10. The van der Waals surface area contributed by atoms with Crippen LogP contribution in [0.25, 0.3) is 0 Å². The number of likely N-dealkylation sites (tertiary alicyclic amines) is 1. The van der Waals surface area contributed by atoms with Gasteiger partial charge in [0.25, 0.3) is 0 Å². The van der Waals surface area contributed by atoms with Crippen molar-refractivity contribution < 1.29 is 4.79 Å². The molecule has 2 heterocycles. The number of carbonyl (C=O) groups is 1. The van der Waals surface area contributed by atoms with Crippen LogP contribution >= 0.6 is 15.9 Å². The Balaban J connectivity index is 1.98. The zero-order valence-electron chi connectivity index (χ0n) is 9.66. The molecule has 2 rings (SSSR count). The third-order valence-electron chi connectivity index (χ3n) is 2.91. The number of hydrogen-bond donors (Lipinski definition) is 1. The van der Waals surface area contributed by atoms with Crippen LogP contribution < -0.4 is 5.32 Å². The van der Waals surface area contributed by atoms with E-state index in [-0.39, 0.29) is 6.03 Å². The van der Waals surface area contributed by atoms with Crippen LogP contribution in [0.1, 0.15) is 25.7 Å². The van der Waals surface area contributed by atoms with Gasteiger partial charge in [0, 0.05) is 25.5 Å². The Hall–Kier alpha value is -1.10. The standard InChI is InChI=1S/C12H16BrN3O/c13-10-9-14-6-5-11(10)15-12(17)16-7-3-1-2-4-8-16/h5-6,9H,1-4,7-8H2,(H,14,15,17). The van der Waals surface area contributed by atoms with Gasteiger partial charge in [-0.25, -0.2) is 4.79 Å². The van der Waals surface area contributed by atoms with Crippen molar-refractivity contribution in [1.29, 1.82) is 0 Å². The van der Waals surface area contributed by atoms with Crippen molar-refractivity contribution in [2.24, 2.45) is 0 Å². The monoisotopic (exact) mass is 297 g/mol. The number of nitrogens with zero attached hydrogens (tertiary/aromatic N) is 2. The zero-order valence-corrected chi connectivity index (χ0v) is 11.2. The molecule has 0 aromatic carbocycles. The molecule has 4 nitrogen and oxygen atoms in total. The number of carbonyl (C=O) groups excluding carboxylic acids is 1. The summed E-state index contributed by atoms with van der Waals surface area (Å²) < 4.78 is 0.808. The lowest BCUT2D eigenvalue weighted by molar-refractivity contribution is 0.213. The van der Waals surface area contributed by atoms with Gasteiger partial charge in [-0.15, -0.1) is 0 Å². The van der Waals surface area contributed by atoms with Crippen LogP contribution in [0.15, 0.2) is 22.9 Å². The summed E-state index contributed by atoms with van der Waals surface area (Å²) in [5, 5.41) is 2.91. The third-order valence-corrected chi connectivity index (χ3v) is 3.54. The van der Waals surface area contributed by atoms with Crippen LogP contribution in [0.5, 0.6) is 0 Å². The summed E-state index contributed by atoms with van der Waals surface area (Å²) in [6.07, 6.45) is 8.00. The second-order valence-electron chi connectivity index (χ2n) is 4.19. The molecule has 1 aromatic rings. The Morgan fingerprint density at radius 1 is 1.29 bits per heavy atom. The van der Waals surface area contributed by atoms with Gasteiger partial charge in [-0.1, -0.05) is 12.8 Å². The molecular weight excluding hydrogens is 282 g/mol. The summed E-state index contributed by atoms with van der Waals surface area (Å²) in [5.41, 5.74) is 0.772. The Kier molecular flexibility index (Phi) is 4.36. The molecule has 0 bridgehead atoms. The minimum atomic E-state index is -0.0150. The highest BCUT2D eigenvalue weighted by atomic mass is 79.9. The van der Waals surface area contributed by atoms with Crippen molar-refractivity contribution in [3.63, 3.8) is 0 Å². The van der Waals surface area contributed by atoms with Crippen molar-refractivity contribution in [2.45, 2.75) is 25.7 Å². The van der Waals surface area contributed by atoms with Crippen molar-refractivity contribution in [3.8, 4) is 0 Å². The van der Waals surface area contributed by atoms with E-state index in [2.05, 4.69) is 26.2 Å². The predicted octanol–water partition coefficient (Wildman–Crippen LogP) is 3.25. The average molecular weight is 298 g/mol. The lowest BCUT2D eigenvalue weighted by atomic mass is 10.2. The lowest BCUT2D eigenvalue weighted by Crippen LogP contribution is -2.35. The molecule has 1 N–H and O–H groups in total. The summed E-state index contributed by atoms with van der Waals surface area (Å²) in [6.45, 7) is 1.71. The molecule has 1 aliphatic heterocycles. The van der Waals surface area contributed by atoms with Gasteiger partial charge >= 0.3 is 6.03 Å². The zero-order chi connectivity index (χ0) is 12.1. The first-order chi connectivity index (χ1) is 8.27. The fourth-order valence-electron chi connectivity index (χ4n) is 1.94. The van der Waals surface area contributed by atoms with Crippen molar-refractivity contribution >= 4 is 27.6 Å². The fraction of sp³-hybridized carbons (Fsp3) is 0.500. The topological polar surface area (TPSA) is 45.2 Å². The molecule has 0 radical (unpaired) electrons. The first kappa shape index (κ1) is 12.4. The minimum Gasteiger partial charge on any atom is -0.325 e. The number of amides is 2. The van der Waals surface area contributed by atoms with E-state index in [1.807, 2.05) is 4.90 Å². The van der Waals surface area contributed by atoms with Crippen LogP contribution in [0.2, 0.25) is 0 Å². The van der Waals surface area contributed by atoms with E-state index in [0.29, 0.717) is 0 Å². The summed E-state index contributed by atoms with van der Waals surface area (Å²) in [5.74, 6) is 0. The van der Waals surface area contributed by atoms with Crippen LogP contribution in [-0.2, 0) is 0 Å². The molecular formula is C12H16BrN3O. The number of halogens is 1. The van der Waals surface area contributed by atoms with Gasteiger partial charge in [0.2, 0.25) is 0 Å². The minimum absolute atomic E-state index is 0.0150. The third kappa shape index (κ3) is 3.43. The largest absolute Gasteiger partial charge is 0.325 e. The Morgan fingerprint density at radius 3 is 2.65 bits per heavy atom. The molecule has 1 saturated heterocycles. The summed E-state index contributed by atoms with van der Waals surface area (Å²) >= 11 is 3.37. The van der Waals surface area contributed by atoms with Crippen LogP contribution in [0.4, 0.5) is 10.5 Å². The van der Waals surface area contributed by atoms with Gasteiger partial charge < -0.3 is 10.2 Å². The number of nitrogens with one attached hydrogen (secondary N) is 1. The highest BCUT2D eigenvalue weighted by Crippen LogP contribution is 2.20. The molecule has 0 atom stereocenters. The van der Waals surface area contributed by atoms with E-state index in [1.165, 1.54) is 12.8 Å². The second-order valence-corrected chi connectivity index (χ2v) is 5.04. The van der Waals surface area contributed by atoms with E-state index >= 15 is 0 Å². The van der Waals surface area contributed by atoms with Gasteiger partial charge in [0.05, 0.1) is 10.2 Å². The highest BCUT2D eigenvalue weighted by Gasteiger charge is 2.15. The predicted molar refractivity (Wildman–Crippen MR) is 71.0 cm³/mol. The van der Waals surface area contributed by atoms with Crippen LogP contribution in [-0.4, -0.2) is 29.0 Å². The van der Waals surface area contributed by atoms with Gasteiger partial charge in [-0.3, -0.25) is 4.98 Å². The van der Waals surface area contributed by atoms with Crippen molar-refractivity contribution in [2.75, 3.05) is 18.4 Å². The molecule has 5 heteroatoms. The molecule has 0 spiro atoms. The maximum Gasteiger partial charge on any atom is 0.321 e. The number of anilines is 1. The normalized spacial score (nSPS) is 16.4. The molecule has 2 amide bonds. The molecule has 1 aliphatic rings. The molecule has 92 valence electrons. The van der Waals surface area contributed by atoms with Gasteiger partial charge in [0.15, 0.2) is 0 Å². The van der Waals surface area contributed by atoms with Gasteiger partial charge in [-0.2, -0.15) is 0 Å². The quantitative estimate of drug-likeness (QED) is 0.865. The maximum absolute atomic E-state index is 12.0. The molecule has 0 saturated carbocycles. The van der Waals surface area contributed by atoms with Gasteiger partial charge in [-0.05, 0) is 34.8 Å². The number of pyridine rings is 1. The fourth-order valence-corrected chi connectivity index (χ4v) is 2.29. The molecule has 17 heavy (non-hydrogen) atoms. The van der Waals surface area contributed by atoms with Crippen LogP contribution in [0.3, 0.4) is 0 Å². The Bertz CT molecular complexity index is 389.